The van der Waals surface area contributed by atoms with Crippen molar-refractivity contribution in [2.24, 2.45) is 5.73 Å². The number of rotatable bonds is 1. The first-order valence-corrected chi connectivity index (χ1v) is 6.83. The van der Waals surface area contributed by atoms with Crippen LogP contribution in [0.2, 0.25) is 0 Å². The minimum Gasteiger partial charge on any atom is -0.350 e. The van der Waals surface area contributed by atoms with Crippen molar-refractivity contribution >= 4 is 28.4 Å². The predicted octanol–water partition coefficient (Wildman–Crippen LogP) is 1.54. The quantitative estimate of drug-likeness (QED) is 0.794. The second-order valence-corrected chi connectivity index (χ2v) is 5.88. The summed E-state index contributed by atoms with van der Waals surface area (Å²) in [5, 5.41) is 0. The van der Waals surface area contributed by atoms with E-state index in [9.17, 15) is 0 Å². The lowest BCUT2D eigenvalue weighted by Gasteiger charge is -2.38. The minimum atomic E-state index is 0.383. The summed E-state index contributed by atoms with van der Waals surface area (Å²) in [5.74, 6) is 1.11. The molecule has 2 bridgehead atoms. The Hall–Kier alpha value is -0.430. The fraction of sp³-hybridized carbons (Fsp3) is 0.636. The average molecular weight is 330 g/mol. The molecule has 3 rings (SSSR count). The lowest BCUT2D eigenvalue weighted by Crippen LogP contribution is -2.48. The number of hydrogen-bond acceptors (Lipinski definition) is 4. The molecular formula is C11H15IN4. The molecule has 2 fully saturated rings. The van der Waals surface area contributed by atoms with Crippen LogP contribution in [0.3, 0.4) is 0 Å². The lowest BCUT2D eigenvalue weighted by atomic mass is 9.98. The molecule has 2 atom stereocenters. The molecule has 3 heterocycles. The number of fused-ring (bicyclic) bond motifs is 2. The Kier molecular flexibility index (Phi) is 2.75. The van der Waals surface area contributed by atoms with Crippen LogP contribution in [0.5, 0.6) is 0 Å². The smallest absolute Gasteiger partial charge is 0.145 e. The second kappa shape index (κ2) is 4.10. The maximum absolute atomic E-state index is 6.07. The van der Waals surface area contributed by atoms with Crippen molar-refractivity contribution in [3.63, 3.8) is 0 Å². The van der Waals surface area contributed by atoms with Crippen molar-refractivity contribution in [2.45, 2.75) is 43.8 Å². The van der Waals surface area contributed by atoms with Gasteiger partial charge in [-0.05, 0) is 48.3 Å². The molecular weight excluding hydrogens is 315 g/mol. The topological polar surface area (TPSA) is 55.0 Å². The Bertz CT molecular complexity index is 383. The van der Waals surface area contributed by atoms with Crippen molar-refractivity contribution in [3.8, 4) is 0 Å². The number of nitrogens with zero attached hydrogens (tertiary/aromatic N) is 3. The molecule has 2 unspecified atom stereocenters. The molecule has 1 aromatic heterocycles. The van der Waals surface area contributed by atoms with E-state index in [2.05, 4.69) is 37.5 Å². The first-order chi connectivity index (χ1) is 7.75. The van der Waals surface area contributed by atoms with Gasteiger partial charge in [0.05, 0.1) is 3.57 Å². The van der Waals surface area contributed by atoms with Gasteiger partial charge in [0.1, 0.15) is 12.1 Å². The van der Waals surface area contributed by atoms with E-state index in [1.165, 1.54) is 12.8 Å². The summed E-state index contributed by atoms with van der Waals surface area (Å²) in [6.45, 7) is 0. The lowest BCUT2D eigenvalue weighted by molar-refractivity contribution is 0.411. The molecule has 1 aromatic rings. The van der Waals surface area contributed by atoms with E-state index >= 15 is 0 Å². The summed E-state index contributed by atoms with van der Waals surface area (Å²) >= 11 is 2.32. The highest BCUT2D eigenvalue weighted by Crippen LogP contribution is 2.39. The summed E-state index contributed by atoms with van der Waals surface area (Å²) in [7, 11) is 0. The van der Waals surface area contributed by atoms with Gasteiger partial charge in [0.2, 0.25) is 0 Å². The number of hydrogen-bond donors (Lipinski definition) is 1. The fourth-order valence-corrected chi connectivity index (χ4v) is 3.64. The van der Waals surface area contributed by atoms with Gasteiger partial charge in [0.25, 0.3) is 0 Å². The standard InChI is InChI=1S/C11H15IN4/c12-10-5-14-6-15-11(10)16-8-1-2-9(16)4-7(13)3-8/h5-9H,1-4,13H2. The molecule has 0 aliphatic carbocycles. The summed E-state index contributed by atoms with van der Waals surface area (Å²) in [6, 6.07) is 1.57. The molecule has 86 valence electrons. The molecule has 2 N–H and O–H groups in total. The number of aromatic nitrogens is 2. The van der Waals surface area contributed by atoms with E-state index in [-0.39, 0.29) is 0 Å². The van der Waals surface area contributed by atoms with Crippen molar-refractivity contribution in [3.05, 3.63) is 16.1 Å². The summed E-state index contributed by atoms with van der Waals surface area (Å²) in [4.78, 5) is 11.0. The zero-order chi connectivity index (χ0) is 11.1. The third kappa shape index (κ3) is 1.69. The van der Waals surface area contributed by atoms with Gasteiger partial charge >= 0.3 is 0 Å². The Morgan fingerprint density at radius 1 is 1.31 bits per heavy atom. The van der Waals surface area contributed by atoms with Gasteiger partial charge in [-0.1, -0.05) is 0 Å². The van der Waals surface area contributed by atoms with Crippen LogP contribution in [0.4, 0.5) is 5.82 Å². The van der Waals surface area contributed by atoms with E-state index in [1.807, 2.05) is 6.20 Å². The number of nitrogens with two attached hydrogens (primary N) is 1. The van der Waals surface area contributed by atoms with Crippen LogP contribution in [0, 0.1) is 3.57 Å². The van der Waals surface area contributed by atoms with Gasteiger partial charge < -0.3 is 10.6 Å². The molecule has 2 saturated heterocycles. The predicted molar refractivity (Wildman–Crippen MR) is 71.2 cm³/mol. The second-order valence-electron chi connectivity index (χ2n) is 4.72. The molecule has 2 aliphatic heterocycles. The van der Waals surface area contributed by atoms with Crippen LogP contribution in [0.1, 0.15) is 25.7 Å². The highest BCUT2D eigenvalue weighted by Gasteiger charge is 2.40. The van der Waals surface area contributed by atoms with Crippen molar-refractivity contribution in [2.75, 3.05) is 4.90 Å². The van der Waals surface area contributed by atoms with Gasteiger partial charge in [-0.15, -0.1) is 0 Å². The Labute approximate surface area is 109 Å². The zero-order valence-corrected chi connectivity index (χ0v) is 11.2. The highest BCUT2D eigenvalue weighted by atomic mass is 127. The number of halogens is 1. The van der Waals surface area contributed by atoms with Crippen LogP contribution < -0.4 is 10.6 Å². The van der Waals surface area contributed by atoms with Crippen LogP contribution in [0.25, 0.3) is 0 Å². The number of piperidine rings is 1. The largest absolute Gasteiger partial charge is 0.350 e. The zero-order valence-electron chi connectivity index (χ0n) is 9.01. The van der Waals surface area contributed by atoms with Gasteiger partial charge in [-0.2, -0.15) is 0 Å². The van der Waals surface area contributed by atoms with E-state index in [4.69, 9.17) is 5.73 Å². The molecule has 16 heavy (non-hydrogen) atoms. The maximum atomic E-state index is 6.07. The van der Waals surface area contributed by atoms with E-state index in [0.717, 1.165) is 22.2 Å². The molecule has 2 aliphatic rings. The highest BCUT2D eigenvalue weighted by molar-refractivity contribution is 14.1. The van der Waals surface area contributed by atoms with Crippen molar-refractivity contribution in [1.29, 1.82) is 0 Å². The van der Waals surface area contributed by atoms with Crippen molar-refractivity contribution < 1.29 is 0 Å². The normalized spacial score (nSPS) is 33.1. The first-order valence-electron chi connectivity index (χ1n) is 5.75. The number of anilines is 1. The fourth-order valence-electron chi connectivity index (χ4n) is 3.06. The van der Waals surface area contributed by atoms with Crippen LogP contribution in [-0.2, 0) is 0 Å². The first kappa shape index (κ1) is 10.7. The Morgan fingerprint density at radius 2 is 2.00 bits per heavy atom. The maximum Gasteiger partial charge on any atom is 0.145 e. The molecule has 0 saturated carbocycles. The average Bonchev–Trinajstić information content (AvgIpc) is 2.53. The molecule has 0 aromatic carbocycles. The SMILES string of the molecule is NC1CC2CCC(C1)N2c1ncncc1I. The summed E-state index contributed by atoms with van der Waals surface area (Å²) in [5.41, 5.74) is 6.07. The molecule has 0 radical (unpaired) electrons. The molecule has 5 heteroatoms. The molecule has 0 amide bonds. The Balaban J connectivity index is 1.94. The Morgan fingerprint density at radius 3 is 2.62 bits per heavy atom. The van der Waals surface area contributed by atoms with Gasteiger partial charge in [0, 0.05) is 24.3 Å². The minimum absolute atomic E-state index is 0.383. The van der Waals surface area contributed by atoms with Crippen LogP contribution in [0.15, 0.2) is 12.5 Å². The molecule has 0 spiro atoms. The van der Waals surface area contributed by atoms with E-state index < -0.39 is 0 Å². The van der Waals surface area contributed by atoms with Gasteiger partial charge in [0.15, 0.2) is 0 Å². The third-order valence-electron chi connectivity index (χ3n) is 3.66. The van der Waals surface area contributed by atoms with Gasteiger partial charge in [-0.3, -0.25) is 0 Å². The third-order valence-corrected chi connectivity index (χ3v) is 4.42. The van der Waals surface area contributed by atoms with Gasteiger partial charge in [-0.25, -0.2) is 9.97 Å². The van der Waals surface area contributed by atoms with Crippen molar-refractivity contribution in [1.82, 2.24) is 9.97 Å². The summed E-state index contributed by atoms with van der Waals surface area (Å²) < 4.78 is 1.15. The summed E-state index contributed by atoms with van der Waals surface area (Å²) in [6.07, 6.45) is 8.27. The molecule has 4 nitrogen and oxygen atoms in total. The van der Waals surface area contributed by atoms with Crippen LogP contribution in [-0.4, -0.2) is 28.1 Å². The monoisotopic (exact) mass is 330 g/mol. The van der Waals surface area contributed by atoms with Crippen LogP contribution >= 0.6 is 22.6 Å². The van der Waals surface area contributed by atoms with E-state index in [0.29, 0.717) is 18.1 Å². The van der Waals surface area contributed by atoms with E-state index in [1.54, 1.807) is 6.33 Å².